The molecule has 10 heavy (non-hydrogen) atoms. The number of β-lactam (4-membered cyclic amide) rings is 1. The molecule has 0 aliphatic carbocycles. The third kappa shape index (κ3) is 0.690. The van der Waals surface area contributed by atoms with Crippen LogP contribution in [0.3, 0.4) is 0 Å². The summed E-state index contributed by atoms with van der Waals surface area (Å²) < 4.78 is 0. The molecule has 0 aromatic heterocycles. The topological polar surface area (TPSA) is 46.3 Å². The monoisotopic (exact) mass is 157 g/mol. The molecular formula is C6H9N2OS+. The van der Waals surface area contributed by atoms with E-state index in [0.717, 1.165) is 5.75 Å². The molecule has 0 aromatic carbocycles. The minimum absolute atomic E-state index is 0.0806. The first-order valence-corrected chi connectivity index (χ1v) is 4.73. The Labute approximate surface area is 62.4 Å². The number of hydrogen-bond acceptors (Lipinski definition) is 2. The summed E-state index contributed by atoms with van der Waals surface area (Å²) in [6, 6.07) is 0. The van der Waals surface area contributed by atoms with Gasteiger partial charge in [0.25, 0.3) is 0 Å². The molecule has 2 heterocycles. The van der Waals surface area contributed by atoms with Gasteiger partial charge in [-0.2, -0.15) is 0 Å². The Morgan fingerprint density at radius 3 is 3.20 bits per heavy atom. The number of fused-ring (bicyclic) bond motifs is 1. The Morgan fingerprint density at radius 2 is 2.60 bits per heavy atom. The van der Waals surface area contributed by atoms with Gasteiger partial charge in [0.15, 0.2) is 0 Å². The minimum atomic E-state index is -0.0806. The first-order chi connectivity index (χ1) is 4.79. The van der Waals surface area contributed by atoms with Crippen LogP contribution in [0.2, 0.25) is 0 Å². The van der Waals surface area contributed by atoms with Gasteiger partial charge in [-0.05, 0) is 6.08 Å². The molecule has 1 amide bonds. The number of rotatable bonds is 0. The van der Waals surface area contributed by atoms with Crippen molar-refractivity contribution in [2.24, 2.45) is 5.14 Å². The molecular weight excluding hydrogens is 148 g/mol. The molecule has 2 atom stereocenters. The van der Waals surface area contributed by atoms with Crippen LogP contribution in [-0.2, 0) is 15.9 Å². The molecule has 0 spiro atoms. The molecule has 1 saturated heterocycles. The first kappa shape index (κ1) is 6.24. The maximum absolute atomic E-state index is 10.8. The Bertz CT molecular complexity index is 204. The number of carbonyl (C=O) groups is 1. The number of nitrogens with zero attached hydrogens (tertiary/aromatic N) is 1. The van der Waals surface area contributed by atoms with Crippen LogP contribution < -0.4 is 5.14 Å². The van der Waals surface area contributed by atoms with E-state index in [-0.39, 0.29) is 17.0 Å². The van der Waals surface area contributed by atoms with Crippen molar-refractivity contribution in [3.63, 3.8) is 0 Å². The fraction of sp³-hybridized carbons (Fsp3) is 0.500. The molecule has 0 bridgehead atoms. The second-order valence-electron chi connectivity index (χ2n) is 2.48. The van der Waals surface area contributed by atoms with Crippen LogP contribution in [0.1, 0.15) is 6.42 Å². The van der Waals surface area contributed by atoms with Crippen LogP contribution in [0, 0.1) is 0 Å². The molecule has 2 aliphatic rings. The highest BCUT2D eigenvalue weighted by atomic mass is 32.2. The predicted molar refractivity (Wildman–Crippen MR) is 40.8 cm³/mol. The number of carbonyl (C=O) groups excluding carboxylic acids is 1. The van der Waals surface area contributed by atoms with Gasteiger partial charge < -0.3 is 0 Å². The Kier molecular flexibility index (Phi) is 1.25. The maximum Gasteiger partial charge on any atom is 0.237 e. The Hall–Kier alpha value is -0.480. The fourth-order valence-electron chi connectivity index (χ4n) is 1.21. The normalized spacial score (nSPS) is 37.3. The summed E-state index contributed by atoms with van der Waals surface area (Å²) in [6.45, 7) is 0. The standard InChI is InChI=1S/C6H9N2OS/c7-10-3-1-2-8-5(9)4-6(8)10/h1-2,6H,3-4,7H2/q+1/t6-,10?/m1/s1. The van der Waals surface area contributed by atoms with Crippen LogP contribution in [0.4, 0.5) is 0 Å². The molecule has 2 aliphatic heterocycles. The highest BCUT2D eigenvalue weighted by molar-refractivity contribution is 7.95. The lowest BCUT2D eigenvalue weighted by molar-refractivity contribution is -0.137. The first-order valence-electron chi connectivity index (χ1n) is 3.21. The second-order valence-corrected chi connectivity index (χ2v) is 4.30. The van der Waals surface area contributed by atoms with E-state index < -0.39 is 0 Å². The second kappa shape index (κ2) is 2.00. The molecule has 54 valence electrons. The zero-order chi connectivity index (χ0) is 7.14. The summed E-state index contributed by atoms with van der Waals surface area (Å²) in [5.41, 5.74) is 0. The zero-order valence-corrected chi connectivity index (χ0v) is 6.30. The minimum Gasteiger partial charge on any atom is -0.274 e. The summed E-state index contributed by atoms with van der Waals surface area (Å²) in [5.74, 6) is 1.15. The number of nitrogens with two attached hydrogens (primary N) is 1. The van der Waals surface area contributed by atoms with Crippen LogP contribution in [0.15, 0.2) is 12.3 Å². The average Bonchev–Trinajstić information content (AvgIpc) is 1.91. The van der Waals surface area contributed by atoms with Crippen molar-refractivity contribution in [2.45, 2.75) is 11.8 Å². The van der Waals surface area contributed by atoms with E-state index in [4.69, 9.17) is 5.14 Å². The summed E-state index contributed by atoms with van der Waals surface area (Å²) in [4.78, 5) is 12.6. The molecule has 4 heteroatoms. The lowest BCUT2D eigenvalue weighted by atomic mass is 10.2. The summed E-state index contributed by atoms with van der Waals surface area (Å²) >= 11 is -0.0806. The van der Waals surface area contributed by atoms with Crippen molar-refractivity contribution in [3.8, 4) is 0 Å². The van der Waals surface area contributed by atoms with E-state index >= 15 is 0 Å². The van der Waals surface area contributed by atoms with E-state index in [2.05, 4.69) is 0 Å². The smallest absolute Gasteiger partial charge is 0.237 e. The molecule has 1 unspecified atom stereocenters. The largest absolute Gasteiger partial charge is 0.274 e. The van der Waals surface area contributed by atoms with Gasteiger partial charge in [-0.1, -0.05) is 0 Å². The van der Waals surface area contributed by atoms with E-state index in [9.17, 15) is 4.79 Å². The van der Waals surface area contributed by atoms with Crippen molar-refractivity contribution < 1.29 is 4.79 Å². The van der Waals surface area contributed by atoms with Crippen molar-refractivity contribution in [1.29, 1.82) is 0 Å². The number of amides is 1. The molecule has 1 fully saturated rings. The lowest BCUT2D eigenvalue weighted by Crippen LogP contribution is -2.57. The summed E-state index contributed by atoms with van der Waals surface area (Å²) in [6.07, 6.45) is 4.48. The van der Waals surface area contributed by atoms with E-state index in [1.54, 1.807) is 4.90 Å². The maximum atomic E-state index is 10.8. The SMILES string of the molecule is N[S+]1CC=CN2C(=O)C[C@H]21. The molecule has 2 rings (SSSR count). The van der Waals surface area contributed by atoms with Crippen LogP contribution in [-0.4, -0.2) is 21.9 Å². The van der Waals surface area contributed by atoms with Crippen LogP contribution >= 0.6 is 0 Å². The number of hydrogen-bond donors (Lipinski definition) is 1. The van der Waals surface area contributed by atoms with Gasteiger partial charge in [-0.3, -0.25) is 9.69 Å². The third-order valence-electron chi connectivity index (χ3n) is 1.85. The molecule has 0 aromatic rings. The lowest BCUT2D eigenvalue weighted by Gasteiger charge is -2.36. The van der Waals surface area contributed by atoms with E-state index in [0.29, 0.717) is 11.8 Å². The van der Waals surface area contributed by atoms with Crippen LogP contribution in [0.25, 0.3) is 0 Å². The quantitative estimate of drug-likeness (QED) is 0.383. The van der Waals surface area contributed by atoms with Crippen molar-refractivity contribution in [2.75, 3.05) is 5.75 Å². The van der Waals surface area contributed by atoms with E-state index in [1.807, 2.05) is 12.3 Å². The summed E-state index contributed by atoms with van der Waals surface area (Å²) in [5, 5.41) is 6.10. The molecule has 0 saturated carbocycles. The van der Waals surface area contributed by atoms with Crippen molar-refractivity contribution in [3.05, 3.63) is 12.3 Å². The van der Waals surface area contributed by atoms with Crippen molar-refractivity contribution >= 4 is 17.0 Å². The average molecular weight is 157 g/mol. The predicted octanol–water partition coefficient (Wildman–Crippen LogP) is -0.436. The zero-order valence-electron chi connectivity index (χ0n) is 5.49. The molecule has 3 nitrogen and oxygen atoms in total. The van der Waals surface area contributed by atoms with E-state index in [1.165, 1.54) is 0 Å². The van der Waals surface area contributed by atoms with Gasteiger partial charge in [0.05, 0.1) is 17.5 Å². The molecule has 2 N–H and O–H groups in total. The highest BCUT2D eigenvalue weighted by Crippen LogP contribution is 2.26. The van der Waals surface area contributed by atoms with Crippen molar-refractivity contribution in [1.82, 2.24) is 4.90 Å². The van der Waals surface area contributed by atoms with Gasteiger partial charge in [0.1, 0.15) is 5.75 Å². The van der Waals surface area contributed by atoms with Crippen LogP contribution in [0.5, 0.6) is 0 Å². The van der Waals surface area contributed by atoms with Gasteiger partial charge in [-0.15, -0.1) is 5.14 Å². The Morgan fingerprint density at radius 1 is 1.80 bits per heavy atom. The van der Waals surface area contributed by atoms with Gasteiger partial charge in [-0.25, -0.2) is 0 Å². The van der Waals surface area contributed by atoms with Gasteiger partial charge >= 0.3 is 0 Å². The highest BCUT2D eigenvalue weighted by Gasteiger charge is 2.47. The third-order valence-corrected chi connectivity index (χ3v) is 3.52. The fourth-order valence-corrected chi connectivity index (χ4v) is 2.58. The summed E-state index contributed by atoms with van der Waals surface area (Å²) in [7, 11) is 0. The van der Waals surface area contributed by atoms with Gasteiger partial charge in [0, 0.05) is 6.20 Å². The Balaban J connectivity index is 2.18. The van der Waals surface area contributed by atoms with Gasteiger partial charge in [0.2, 0.25) is 11.3 Å². The molecule has 0 radical (unpaired) electrons.